The number of amides is 2. The number of hydrogen-bond donors (Lipinski definition) is 0. The van der Waals surface area contributed by atoms with Crippen molar-refractivity contribution in [2.75, 3.05) is 4.90 Å². The van der Waals surface area contributed by atoms with Gasteiger partial charge in [-0.05, 0) is 36.4 Å². The molecule has 5 rings (SSSR count). The van der Waals surface area contributed by atoms with Crippen molar-refractivity contribution in [3.05, 3.63) is 64.7 Å². The number of nitrogens with zero attached hydrogens (tertiary/aromatic N) is 6. The van der Waals surface area contributed by atoms with Gasteiger partial charge >= 0.3 is 0 Å². The zero-order chi connectivity index (χ0) is 20.8. The quantitative estimate of drug-likeness (QED) is 0.542. The molecule has 1 fully saturated rings. The Morgan fingerprint density at radius 2 is 1.90 bits per heavy atom. The fraction of sp³-hybridized carbons (Fsp3) is 0.158. The predicted molar refractivity (Wildman–Crippen MR) is 104 cm³/mol. The van der Waals surface area contributed by atoms with E-state index in [-0.39, 0.29) is 18.1 Å². The van der Waals surface area contributed by atoms with Crippen LogP contribution in [0.15, 0.2) is 67.9 Å². The van der Waals surface area contributed by atoms with Gasteiger partial charge in [-0.2, -0.15) is 10.1 Å². The molecule has 2 amide bonds. The monoisotopic (exact) mass is 470 g/mol. The third-order valence-electron chi connectivity index (χ3n) is 4.79. The molecule has 11 heteroatoms. The number of rotatable bonds is 4. The SMILES string of the molecule is O=C1C2N=NN(Cc3nc(-c4cccc(Br)c4)no3)C2C(=O)N1c1ccc(F)cc1. The number of benzene rings is 2. The van der Waals surface area contributed by atoms with Crippen LogP contribution in [-0.4, -0.2) is 39.0 Å². The fourth-order valence-electron chi connectivity index (χ4n) is 3.40. The molecule has 0 aliphatic carbocycles. The molecule has 30 heavy (non-hydrogen) atoms. The third kappa shape index (κ3) is 3.07. The van der Waals surface area contributed by atoms with Crippen molar-refractivity contribution in [2.24, 2.45) is 10.3 Å². The molecule has 2 aliphatic heterocycles. The minimum atomic E-state index is -0.963. The van der Waals surface area contributed by atoms with Crippen LogP contribution in [0.3, 0.4) is 0 Å². The molecular formula is C19H12BrFN6O3. The Kier molecular flexibility index (Phi) is 4.39. The summed E-state index contributed by atoms with van der Waals surface area (Å²) in [5, 5.41) is 13.2. The van der Waals surface area contributed by atoms with Crippen LogP contribution >= 0.6 is 15.9 Å². The lowest BCUT2D eigenvalue weighted by atomic mass is 10.1. The maximum absolute atomic E-state index is 13.2. The Hall–Kier alpha value is -3.47. The maximum Gasteiger partial charge on any atom is 0.263 e. The summed E-state index contributed by atoms with van der Waals surface area (Å²) in [6, 6.07) is 10.7. The van der Waals surface area contributed by atoms with Crippen LogP contribution in [0.1, 0.15) is 5.89 Å². The Morgan fingerprint density at radius 1 is 1.10 bits per heavy atom. The van der Waals surface area contributed by atoms with Crippen LogP contribution in [0.25, 0.3) is 11.4 Å². The highest BCUT2D eigenvalue weighted by atomic mass is 79.9. The van der Waals surface area contributed by atoms with Crippen LogP contribution in [0.2, 0.25) is 0 Å². The number of fused-ring (bicyclic) bond motifs is 1. The van der Waals surface area contributed by atoms with Gasteiger partial charge in [0.15, 0.2) is 12.1 Å². The van der Waals surface area contributed by atoms with Crippen molar-refractivity contribution >= 4 is 33.4 Å². The highest BCUT2D eigenvalue weighted by Gasteiger charge is 2.55. The highest BCUT2D eigenvalue weighted by molar-refractivity contribution is 9.10. The van der Waals surface area contributed by atoms with Crippen LogP contribution in [0.5, 0.6) is 0 Å². The van der Waals surface area contributed by atoms with Gasteiger partial charge in [0.1, 0.15) is 12.4 Å². The number of carbonyl (C=O) groups excluding carboxylic acids is 2. The van der Waals surface area contributed by atoms with E-state index in [1.807, 2.05) is 24.3 Å². The van der Waals surface area contributed by atoms with E-state index in [2.05, 4.69) is 36.4 Å². The Bertz CT molecular complexity index is 1180. The Labute approximate surface area is 177 Å². The van der Waals surface area contributed by atoms with Gasteiger partial charge < -0.3 is 4.52 Å². The molecule has 0 saturated carbocycles. The van der Waals surface area contributed by atoms with Gasteiger partial charge in [0.05, 0.1) is 5.69 Å². The van der Waals surface area contributed by atoms with Crippen LogP contribution in [0.4, 0.5) is 10.1 Å². The summed E-state index contributed by atoms with van der Waals surface area (Å²) in [7, 11) is 0. The Morgan fingerprint density at radius 3 is 2.67 bits per heavy atom. The van der Waals surface area contributed by atoms with E-state index in [4.69, 9.17) is 4.52 Å². The van der Waals surface area contributed by atoms with E-state index < -0.39 is 29.7 Å². The standard InChI is InChI=1S/C19H12BrFN6O3/c20-11-3-1-2-10(8-11)17-22-14(30-24-17)9-26-16-15(23-25-26)18(28)27(19(16)29)13-6-4-12(21)5-7-13/h1-8,15-16H,9H2. The molecule has 2 aliphatic rings. The molecule has 0 N–H and O–H groups in total. The van der Waals surface area contributed by atoms with Crippen LogP contribution in [0, 0.1) is 5.82 Å². The molecule has 3 heterocycles. The lowest BCUT2D eigenvalue weighted by Gasteiger charge is -2.19. The average molecular weight is 471 g/mol. The largest absolute Gasteiger partial charge is 0.337 e. The molecule has 0 spiro atoms. The first kappa shape index (κ1) is 18.6. The molecular weight excluding hydrogens is 459 g/mol. The highest BCUT2D eigenvalue weighted by Crippen LogP contribution is 2.33. The van der Waals surface area contributed by atoms with Gasteiger partial charge in [-0.3, -0.25) is 14.6 Å². The first-order chi connectivity index (χ1) is 14.5. The molecule has 1 aromatic heterocycles. The van der Waals surface area contributed by atoms with Gasteiger partial charge in [-0.1, -0.05) is 38.4 Å². The van der Waals surface area contributed by atoms with E-state index in [0.717, 1.165) is 14.9 Å². The number of hydrogen-bond acceptors (Lipinski definition) is 8. The summed E-state index contributed by atoms with van der Waals surface area (Å²) in [6.07, 6.45) is 0. The zero-order valence-corrected chi connectivity index (χ0v) is 16.7. The molecule has 3 aromatic rings. The second-order valence-electron chi connectivity index (χ2n) is 6.70. The number of aromatic nitrogens is 2. The van der Waals surface area contributed by atoms with Gasteiger partial charge in [0.2, 0.25) is 11.7 Å². The summed E-state index contributed by atoms with van der Waals surface area (Å²) in [5.74, 6) is -0.848. The number of halogens is 2. The topological polar surface area (TPSA) is 104 Å². The Balaban J connectivity index is 1.36. The maximum atomic E-state index is 13.2. The molecule has 1 saturated heterocycles. The van der Waals surface area contributed by atoms with E-state index in [9.17, 15) is 14.0 Å². The minimum absolute atomic E-state index is 0.0158. The van der Waals surface area contributed by atoms with Crippen LogP contribution in [-0.2, 0) is 16.1 Å². The summed E-state index contributed by atoms with van der Waals surface area (Å²) in [5.41, 5.74) is 1.04. The zero-order valence-electron chi connectivity index (χ0n) is 15.1. The first-order valence-electron chi connectivity index (χ1n) is 8.90. The molecule has 9 nitrogen and oxygen atoms in total. The van der Waals surface area contributed by atoms with Gasteiger partial charge in [-0.15, -0.1) is 0 Å². The van der Waals surface area contributed by atoms with Crippen molar-refractivity contribution in [1.29, 1.82) is 0 Å². The van der Waals surface area contributed by atoms with E-state index in [1.165, 1.54) is 29.3 Å². The lowest BCUT2D eigenvalue weighted by Crippen LogP contribution is -2.39. The second-order valence-corrected chi connectivity index (χ2v) is 7.62. The second kappa shape index (κ2) is 7.10. The van der Waals surface area contributed by atoms with E-state index in [0.29, 0.717) is 5.82 Å². The van der Waals surface area contributed by atoms with Crippen molar-refractivity contribution in [3.8, 4) is 11.4 Å². The van der Waals surface area contributed by atoms with Gasteiger partial charge in [-0.25, -0.2) is 9.29 Å². The van der Waals surface area contributed by atoms with Crippen molar-refractivity contribution in [2.45, 2.75) is 18.6 Å². The summed E-state index contributed by atoms with van der Waals surface area (Å²) in [4.78, 5) is 30.9. The normalized spacial score (nSPS) is 20.3. The third-order valence-corrected chi connectivity index (χ3v) is 5.28. The smallest absolute Gasteiger partial charge is 0.263 e. The van der Waals surface area contributed by atoms with Crippen molar-refractivity contribution in [3.63, 3.8) is 0 Å². The number of carbonyl (C=O) groups is 2. The molecule has 150 valence electrons. The lowest BCUT2D eigenvalue weighted by molar-refractivity contribution is -0.123. The van der Waals surface area contributed by atoms with E-state index >= 15 is 0 Å². The van der Waals surface area contributed by atoms with Crippen molar-refractivity contribution < 1.29 is 18.5 Å². The van der Waals surface area contributed by atoms with Gasteiger partial charge in [0, 0.05) is 10.0 Å². The molecule has 0 bridgehead atoms. The summed E-state index contributed by atoms with van der Waals surface area (Å²) >= 11 is 3.39. The predicted octanol–water partition coefficient (Wildman–Crippen LogP) is 3.13. The molecule has 2 aromatic carbocycles. The first-order valence-corrected chi connectivity index (χ1v) is 9.70. The average Bonchev–Trinajstić information content (AvgIpc) is 3.42. The van der Waals surface area contributed by atoms with E-state index in [1.54, 1.807) is 0 Å². The summed E-state index contributed by atoms with van der Waals surface area (Å²) < 4.78 is 19.4. The molecule has 0 radical (unpaired) electrons. The molecule has 2 unspecified atom stereocenters. The van der Waals surface area contributed by atoms with Crippen LogP contribution < -0.4 is 4.90 Å². The fourth-order valence-corrected chi connectivity index (χ4v) is 3.80. The van der Waals surface area contributed by atoms with Crippen molar-refractivity contribution in [1.82, 2.24) is 15.1 Å². The van der Waals surface area contributed by atoms with Gasteiger partial charge in [0.25, 0.3) is 11.8 Å². The molecule has 2 atom stereocenters. The summed E-state index contributed by atoms with van der Waals surface area (Å²) in [6.45, 7) is 0.0158. The minimum Gasteiger partial charge on any atom is -0.337 e. The number of imide groups is 1. The number of anilines is 1.